The Morgan fingerprint density at radius 3 is 2.59 bits per heavy atom. The number of carbonyl (C=O) groups excluding carboxylic acids is 3. The van der Waals surface area contributed by atoms with Gasteiger partial charge in [0.1, 0.15) is 0 Å². The summed E-state index contributed by atoms with van der Waals surface area (Å²) < 4.78 is 11.5. The molecule has 1 saturated carbocycles. The number of hydrogen-bond acceptors (Lipinski definition) is 7. The molecule has 0 amide bonds. The van der Waals surface area contributed by atoms with Crippen LogP contribution in [0.5, 0.6) is 0 Å². The highest BCUT2D eigenvalue weighted by atomic mass is 16.6. The number of ketones is 1. The molecule has 2 heterocycles. The molecule has 1 saturated heterocycles. The zero-order chi connectivity index (χ0) is 26.5. The van der Waals surface area contributed by atoms with Gasteiger partial charge in [-0.05, 0) is 56.8 Å². The number of ether oxygens (including phenoxy) is 2. The molecule has 8 nitrogen and oxygen atoms in total. The first-order valence-corrected chi connectivity index (χ1v) is 13.6. The number of aliphatic hydroxyl groups is 1. The molecular weight excluding hydrogens is 476 g/mol. The van der Waals surface area contributed by atoms with Gasteiger partial charge in [-0.3, -0.25) is 9.59 Å². The monoisotopic (exact) mass is 512 g/mol. The van der Waals surface area contributed by atoms with E-state index >= 15 is 0 Å². The number of hydrogen-bond donors (Lipinski definition) is 2. The van der Waals surface area contributed by atoms with Crippen molar-refractivity contribution in [2.24, 2.45) is 35.0 Å². The Balaban J connectivity index is 1.54. The van der Waals surface area contributed by atoms with E-state index in [4.69, 9.17) is 9.47 Å². The normalized spacial score (nSPS) is 43.9. The number of aliphatic hydroxyl groups excluding tert-OH is 1. The van der Waals surface area contributed by atoms with Crippen LogP contribution in [0, 0.1) is 35.0 Å². The molecule has 8 heteroatoms. The zero-order valence-electron chi connectivity index (χ0n) is 21.4. The van der Waals surface area contributed by atoms with Gasteiger partial charge in [0, 0.05) is 23.8 Å². The molecule has 37 heavy (non-hydrogen) atoms. The van der Waals surface area contributed by atoms with Crippen molar-refractivity contribution < 1.29 is 38.9 Å². The van der Waals surface area contributed by atoms with Gasteiger partial charge in [-0.1, -0.05) is 50.1 Å². The van der Waals surface area contributed by atoms with Crippen LogP contribution >= 0.6 is 0 Å². The van der Waals surface area contributed by atoms with E-state index in [1.165, 1.54) is 6.08 Å². The summed E-state index contributed by atoms with van der Waals surface area (Å²) in [5.74, 6) is -4.95. The minimum Gasteiger partial charge on any atom is -0.478 e. The van der Waals surface area contributed by atoms with Crippen LogP contribution in [0.1, 0.15) is 65.2 Å². The minimum atomic E-state index is -1.69. The molecule has 2 aliphatic heterocycles. The van der Waals surface area contributed by atoms with Crippen LogP contribution in [0.3, 0.4) is 0 Å². The Bertz CT molecular complexity index is 1090. The molecule has 1 unspecified atom stereocenters. The fraction of sp³-hybridized carbons (Fsp3) is 0.655. The summed E-state index contributed by atoms with van der Waals surface area (Å²) in [6.07, 6.45) is 12.4. The molecule has 2 N–H and O–H groups in total. The maximum Gasteiger partial charge on any atom is 0.356 e. The van der Waals surface area contributed by atoms with Gasteiger partial charge in [-0.15, -0.1) is 0 Å². The average Bonchev–Trinajstić information content (AvgIpc) is 3.07. The third kappa shape index (κ3) is 4.08. The summed E-state index contributed by atoms with van der Waals surface area (Å²) >= 11 is 0. The standard InChI is InChI=1S/C29H36O8/c1-16-15-29-18(14-20(16)25(32)33)9-6-4-3-5-8-17-12-13-19-21(10-7-11-22(19)30)28(17,2)27(35)36-23(24(29)31)26(34)37-29/h6,9,12-14,16-19,21-23,30H,3-5,7-8,10-11,15H2,1-2H3,(H,32,33)/t16-,17-,18-,19+,21-,22+,23?,28-,29+/m1/s1. The summed E-state index contributed by atoms with van der Waals surface area (Å²) in [5.41, 5.74) is -2.42. The van der Waals surface area contributed by atoms with Crippen LogP contribution in [-0.2, 0) is 28.7 Å². The van der Waals surface area contributed by atoms with Crippen molar-refractivity contribution in [3.63, 3.8) is 0 Å². The van der Waals surface area contributed by atoms with Crippen molar-refractivity contribution in [2.75, 3.05) is 0 Å². The van der Waals surface area contributed by atoms with Crippen LogP contribution < -0.4 is 0 Å². The summed E-state index contributed by atoms with van der Waals surface area (Å²) in [6, 6.07) is 0. The molecule has 5 aliphatic rings. The highest BCUT2D eigenvalue weighted by molar-refractivity contribution is 6.13. The van der Waals surface area contributed by atoms with Gasteiger partial charge in [-0.25, -0.2) is 9.59 Å². The van der Waals surface area contributed by atoms with Gasteiger partial charge >= 0.3 is 17.9 Å². The van der Waals surface area contributed by atoms with Gasteiger partial charge in [0.15, 0.2) is 5.60 Å². The van der Waals surface area contributed by atoms with Gasteiger partial charge in [0.2, 0.25) is 5.78 Å². The Morgan fingerprint density at radius 1 is 1.05 bits per heavy atom. The highest BCUT2D eigenvalue weighted by Crippen LogP contribution is 2.53. The van der Waals surface area contributed by atoms with Crippen LogP contribution in [0.25, 0.3) is 0 Å². The Hall–Kier alpha value is -2.74. The number of carboxylic acid groups (broad SMARTS) is 1. The largest absolute Gasteiger partial charge is 0.478 e. The number of aliphatic carboxylic acids is 1. The minimum absolute atomic E-state index is 0.0122. The number of carbonyl (C=O) groups is 4. The van der Waals surface area contributed by atoms with Crippen LogP contribution in [0.15, 0.2) is 36.0 Å². The van der Waals surface area contributed by atoms with Crippen molar-refractivity contribution in [3.8, 4) is 0 Å². The predicted octanol–water partition coefficient (Wildman–Crippen LogP) is 3.53. The summed E-state index contributed by atoms with van der Waals surface area (Å²) in [6.45, 7) is 3.55. The van der Waals surface area contributed by atoms with E-state index in [0.29, 0.717) is 12.8 Å². The number of carboxylic acids is 1. The van der Waals surface area contributed by atoms with Crippen molar-refractivity contribution in [3.05, 3.63) is 36.0 Å². The summed E-state index contributed by atoms with van der Waals surface area (Å²) in [7, 11) is 0. The lowest BCUT2D eigenvalue weighted by atomic mass is 9.55. The first-order chi connectivity index (χ1) is 17.6. The lowest BCUT2D eigenvalue weighted by molar-refractivity contribution is -0.178. The quantitative estimate of drug-likeness (QED) is 0.310. The second-order valence-electron chi connectivity index (χ2n) is 11.7. The van der Waals surface area contributed by atoms with E-state index in [-0.39, 0.29) is 29.7 Å². The lowest BCUT2D eigenvalue weighted by Gasteiger charge is -2.50. The van der Waals surface area contributed by atoms with E-state index in [0.717, 1.165) is 32.1 Å². The smallest absolute Gasteiger partial charge is 0.356 e. The Labute approximate surface area is 216 Å². The molecule has 1 spiro atoms. The maximum absolute atomic E-state index is 13.9. The highest BCUT2D eigenvalue weighted by Gasteiger charge is 2.63. The van der Waals surface area contributed by atoms with Crippen molar-refractivity contribution >= 4 is 23.7 Å². The molecular formula is C29H36O8. The number of fused-ring (bicyclic) bond motifs is 4. The SMILES string of the molecule is C[C@@H]1C[C@]23OC(=O)C(OC(=O)[C@@]4(C)[C@@H]5CCC[C@H](O)[C@H]5C=C[C@H]4CCCCC=C[C@@H]2C=C1C(=O)O)C3=O. The first kappa shape index (κ1) is 25.9. The fourth-order valence-electron chi connectivity index (χ4n) is 7.48. The molecule has 200 valence electrons. The van der Waals surface area contributed by atoms with Crippen LogP contribution in [-0.4, -0.2) is 51.7 Å². The van der Waals surface area contributed by atoms with E-state index in [9.17, 15) is 29.4 Å². The molecule has 9 atom stereocenters. The van der Waals surface area contributed by atoms with Crippen LogP contribution in [0.2, 0.25) is 0 Å². The summed E-state index contributed by atoms with van der Waals surface area (Å²) in [5, 5.41) is 20.4. The molecule has 5 rings (SSSR count). The second-order valence-corrected chi connectivity index (χ2v) is 11.7. The first-order valence-electron chi connectivity index (χ1n) is 13.6. The van der Waals surface area contributed by atoms with Gasteiger partial charge in [0.05, 0.1) is 11.5 Å². The van der Waals surface area contributed by atoms with Gasteiger partial charge in [0.25, 0.3) is 6.10 Å². The predicted molar refractivity (Wildman–Crippen MR) is 132 cm³/mol. The molecule has 0 aromatic heterocycles. The van der Waals surface area contributed by atoms with Crippen molar-refractivity contribution in [1.29, 1.82) is 0 Å². The zero-order valence-corrected chi connectivity index (χ0v) is 21.4. The Morgan fingerprint density at radius 2 is 1.84 bits per heavy atom. The van der Waals surface area contributed by atoms with E-state index in [1.54, 1.807) is 13.0 Å². The van der Waals surface area contributed by atoms with E-state index < -0.39 is 58.8 Å². The Kier molecular flexibility index (Phi) is 6.67. The van der Waals surface area contributed by atoms with Crippen LogP contribution in [0.4, 0.5) is 0 Å². The third-order valence-electron chi connectivity index (χ3n) is 9.61. The van der Waals surface area contributed by atoms with E-state index in [2.05, 4.69) is 0 Å². The van der Waals surface area contributed by atoms with Crippen molar-refractivity contribution in [1.82, 2.24) is 0 Å². The molecule has 2 bridgehead atoms. The molecule has 3 aliphatic carbocycles. The molecule has 0 radical (unpaired) electrons. The second kappa shape index (κ2) is 9.53. The molecule has 0 aromatic carbocycles. The summed E-state index contributed by atoms with van der Waals surface area (Å²) in [4.78, 5) is 52.7. The number of allylic oxidation sites excluding steroid dienone is 2. The van der Waals surface area contributed by atoms with Crippen molar-refractivity contribution in [2.45, 2.75) is 83.0 Å². The lowest BCUT2D eigenvalue weighted by Crippen LogP contribution is -2.53. The molecule has 2 fully saturated rings. The number of esters is 2. The fourth-order valence-corrected chi connectivity index (χ4v) is 7.48. The maximum atomic E-state index is 13.9. The van der Waals surface area contributed by atoms with Gasteiger partial charge in [-0.2, -0.15) is 0 Å². The average molecular weight is 513 g/mol. The third-order valence-corrected chi connectivity index (χ3v) is 9.61. The molecule has 0 aromatic rings. The number of Topliss-reactive ketones (excluding diaryl/α,β-unsaturated/α-hetero) is 1. The topological polar surface area (TPSA) is 127 Å². The van der Waals surface area contributed by atoms with E-state index in [1.807, 2.05) is 25.2 Å². The number of rotatable bonds is 1. The van der Waals surface area contributed by atoms with Gasteiger partial charge < -0.3 is 19.7 Å².